The predicted molar refractivity (Wildman–Crippen MR) is 97.4 cm³/mol. The van der Waals surface area contributed by atoms with Crippen LogP contribution in [0.1, 0.15) is 26.5 Å². The quantitative estimate of drug-likeness (QED) is 0.533. The molecule has 27 heavy (non-hydrogen) atoms. The maximum Gasteiger partial charge on any atom is 0.338 e. The molecule has 0 unspecified atom stereocenters. The first-order valence-electron chi connectivity index (χ1n) is 8.08. The van der Waals surface area contributed by atoms with Gasteiger partial charge in [0.25, 0.3) is 0 Å². The number of esters is 1. The van der Waals surface area contributed by atoms with Crippen LogP contribution in [0.4, 0.5) is 5.69 Å². The minimum absolute atomic E-state index is 0.110. The Morgan fingerprint density at radius 3 is 2.59 bits per heavy atom. The van der Waals surface area contributed by atoms with E-state index in [0.717, 1.165) is 5.56 Å². The van der Waals surface area contributed by atoms with Crippen LogP contribution in [0, 0.1) is 0 Å². The van der Waals surface area contributed by atoms with E-state index >= 15 is 0 Å². The van der Waals surface area contributed by atoms with E-state index in [1.807, 2.05) is 0 Å². The van der Waals surface area contributed by atoms with Gasteiger partial charge in [-0.1, -0.05) is 6.07 Å². The van der Waals surface area contributed by atoms with Crippen molar-refractivity contribution in [1.29, 1.82) is 0 Å². The zero-order valence-corrected chi connectivity index (χ0v) is 14.5. The van der Waals surface area contributed by atoms with Gasteiger partial charge in [-0.25, -0.2) is 4.79 Å². The number of carbonyl (C=O) groups is 3. The molecule has 7 heteroatoms. The molecule has 1 N–H and O–H groups in total. The van der Waals surface area contributed by atoms with Gasteiger partial charge in [-0.3, -0.25) is 14.6 Å². The number of ether oxygens (including phenoxy) is 1. The third-order valence-corrected chi connectivity index (χ3v) is 3.85. The van der Waals surface area contributed by atoms with Crippen molar-refractivity contribution in [2.24, 2.45) is 0 Å². The fourth-order valence-corrected chi connectivity index (χ4v) is 2.63. The van der Waals surface area contributed by atoms with E-state index in [1.165, 1.54) is 13.2 Å². The van der Waals surface area contributed by atoms with E-state index in [4.69, 9.17) is 9.15 Å². The second kappa shape index (κ2) is 8.09. The minimum Gasteiger partial charge on any atom is -0.465 e. The molecule has 0 aliphatic rings. The lowest BCUT2D eigenvalue weighted by Crippen LogP contribution is -2.16. The summed E-state index contributed by atoms with van der Waals surface area (Å²) in [4.78, 5) is 39.5. The molecular weight excluding hydrogens is 348 g/mol. The molecule has 136 valence electrons. The SMILES string of the molecule is COC(=O)c1cccc(NC(=O)Cc2ccncc2)c1-c1ccc(C=O)o1. The number of anilines is 1. The van der Waals surface area contributed by atoms with E-state index in [1.54, 1.807) is 48.8 Å². The number of aromatic nitrogens is 1. The van der Waals surface area contributed by atoms with Crippen molar-refractivity contribution in [3.8, 4) is 11.3 Å². The van der Waals surface area contributed by atoms with Crippen molar-refractivity contribution in [2.75, 3.05) is 12.4 Å². The molecule has 3 aromatic rings. The summed E-state index contributed by atoms with van der Waals surface area (Å²) in [5.41, 5.74) is 1.74. The van der Waals surface area contributed by atoms with E-state index < -0.39 is 5.97 Å². The molecule has 0 aliphatic heterocycles. The highest BCUT2D eigenvalue weighted by molar-refractivity contribution is 6.04. The molecule has 0 saturated heterocycles. The van der Waals surface area contributed by atoms with Crippen LogP contribution in [-0.2, 0) is 16.0 Å². The van der Waals surface area contributed by atoms with Crippen LogP contribution < -0.4 is 5.32 Å². The number of carbonyl (C=O) groups excluding carboxylic acids is 3. The number of nitrogens with one attached hydrogen (secondary N) is 1. The first-order chi connectivity index (χ1) is 13.1. The van der Waals surface area contributed by atoms with E-state index in [0.29, 0.717) is 17.5 Å². The number of nitrogens with zero attached hydrogens (tertiary/aromatic N) is 1. The maximum atomic E-state index is 12.4. The minimum atomic E-state index is -0.584. The number of aldehydes is 1. The summed E-state index contributed by atoms with van der Waals surface area (Å²) in [5.74, 6) is -0.470. The predicted octanol–water partition coefficient (Wildman–Crippen LogP) is 3.12. The summed E-state index contributed by atoms with van der Waals surface area (Å²) < 4.78 is 10.3. The molecule has 0 spiro atoms. The second-order valence-corrected chi connectivity index (χ2v) is 5.62. The van der Waals surface area contributed by atoms with Gasteiger partial charge in [0.2, 0.25) is 5.91 Å². The fraction of sp³-hybridized carbons (Fsp3) is 0.100. The van der Waals surface area contributed by atoms with Gasteiger partial charge in [0.1, 0.15) is 5.76 Å². The van der Waals surface area contributed by atoms with Crippen LogP contribution >= 0.6 is 0 Å². The van der Waals surface area contributed by atoms with Crippen molar-refractivity contribution in [2.45, 2.75) is 6.42 Å². The van der Waals surface area contributed by atoms with E-state index in [-0.39, 0.29) is 29.4 Å². The summed E-state index contributed by atoms with van der Waals surface area (Å²) in [5, 5.41) is 2.79. The molecule has 0 atom stereocenters. The van der Waals surface area contributed by atoms with E-state index in [2.05, 4.69) is 10.3 Å². The standard InChI is InChI=1S/C20H16N2O5/c1-26-20(25)15-3-2-4-16(19(15)17-6-5-14(12-23)27-17)22-18(24)11-13-7-9-21-10-8-13/h2-10,12H,11H2,1H3,(H,22,24). The Labute approximate surface area is 155 Å². The number of benzene rings is 1. The Morgan fingerprint density at radius 2 is 1.93 bits per heavy atom. The Kier molecular flexibility index (Phi) is 5.41. The van der Waals surface area contributed by atoms with Gasteiger partial charge in [0, 0.05) is 12.4 Å². The number of hydrogen-bond acceptors (Lipinski definition) is 6. The van der Waals surface area contributed by atoms with Crippen LogP contribution in [0.25, 0.3) is 11.3 Å². The van der Waals surface area contributed by atoms with Crippen LogP contribution in [-0.4, -0.2) is 30.3 Å². The molecule has 0 fully saturated rings. The molecule has 3 rings (SSSR count). The van der Waals surface area contributed by atoms with Crippen LogP contribution in [0.15, 0.2) is 59.3 Å². The Bertz CT molecular complexity index is 979. The van der Waals surface area contributed by atoms with Crippen LogP contribution in [0.2, 0.25) is 0 Å². The molecule has 0 radical (unpaired) electrons. The van der Waals surface area contributed by atoms with Gasteiger partial charge in [-0.05, 0) is 42.0 Å². The highest BCUT2D eigenvalue weighted by Crippen LogP contribution is 2.33. The first-order valence-corrected chi connectivity index (χ1v) is 8.08. The van der Waals surface area contributed by atoms with Gasteiger partial charge >= 0.3 is 5.97 Å². The zero-order valence-electron chi connectivity index (χ0n) is 14.5. The lowest BCUT2D eigenvalue weighted by atomic mass is 10.0. The average molecular weight is 364 g/mol. The number of pyridine rings is 1. The normalized spacial score (nSPS) is 10.3. The van der Waals surface area contributed by atoms with Crippen molar-refractivity contribution in [3.63, 3.8) is 0 Å². The summed E-state index contributed by atoms with van der Waals surface area (Å²) in [6, 6.07) is 11.4. The molecule has 2 heterocycles. The number of methoxy groups -OCH3 is 1. The smallest absolute Gasteiger partial charge is 0.338 e. The Balaban J connectivity index is 1.97. The molecule has 0 bridgehead atoms. The van der Waals surface area contributed by atoms with Crippen molar-refractivity contribution in [1.82, 2.24) is 4.98 Å². The van der Waals surface area contributed by atoms with E-state index in [9.17, 15) is 14.4 Å². The molecule has 2 aromatic heterocycles. The zero-order chi connectivity index (χ0) is 19.2. The molecule has 7 nitrogen and oxygen atoms in total. The number of amides is 1. The molecule has 0 saturated carbocycles. The molecule has 1 amide bonds. The van der Waals surface area contributed by atoms with Crippen LogP contribution in [0.3, 0.4) is 0 Å². The molecule has 0 aliphatic carbocycles. The van der Waals surface area contributed by atoms with Gasteiger partial charge in [0.05, 0.1) is 30.3 Å². The summed E-state index contributed by atoms with van der Waals surface area (Å²) in [7, 11) is 1.26. The summed E-state index contributed by atoms with van der Waals surface area (Å²) in [6.07, 6.45) is 3.92. The van der Waals surface area contributed by atoms with Gasteiger partial charge in [-0.15, -0.1) is 0 Å². The number of furan rings is 1. The lowest BCUT2D eigenvalue weighted by molar-refractivity contribution is -0.115. The van der Waals surface area contributed by atoms with Crippen molar-refractivity contribution in [3.05, 3.63) is 71.7 Å². The van der Waals surface area contributed by atoms with Crippen LogP contribution in [0.5, 0.6) is 0 Å². The highest BCUT2D eigenvalue weighted by Gasteiger charge is 2.21. The summed E-state index contributed by atoms with van der Waals surface area (Å²) >= 11 is 0. The topological polar surface area (TPSA) is 98.5 Å². The second-order valence-electron chi connectivity index (χ2n) is 5.62. The maximum absolute atomic E-state index is 12.4. The largest absolute Gasteiger partial charge is 0.465 e. The summed E-state index contributed by atoms with van der Waals surface area (Å²) in [6.45, 7) is 0. The Hall–Kier alpha value is -3.74. The lowest BCUT2D eigenvalue weighted by Gasteiger charge is -2.13. The highest BCUT2D eigenvalue weighted by atomic mass is 16.5. The van der Waals surface area contributed by atoms with Crippen molar-refractivity contribution < 1.29 is 23.5 Å². The third-order valence-electron chi connectivity index (χ3n) is 3.85. The fourth-order valence-electron chi connectivity index (χ4n) is 2.63. The van der Waals surface area contributed by atoms with Gasteiger partial charge < -0.3 is 14.5 Å². The number of hydrogen-bond donors (Lipinski definition) is 1. The van der Waals surface area contributed by atoms with Gasteiger partial charge in [-0.2, -0.15) is 0 Å². The molecule has 1 aromatic carbocycles. The number of rotatable bonds is 6. The third kappa shape index (κ3) is 4.09. The Morgan fingerprint density at radius 1 is 1.15 bits per heavy atom. The average Bonchev–Trinajstić information content (AvgIpc) is 3.16. The first kappa shape index (κ1) is 18.1. The van der Waals surface area contributed by atoms with Gasteiger partial charge in [0.15, 0.2) is 12.0 Å². The van der Waals surface area contributed by atoms with Crippen molar-refractivity contribution >= 4 is 23.9 Å². The molecular formula is C20H16N2O5. The monoisotopic (exact) mass is 364 g/mol.